The smallest absolute Gasteiger partial charge is 0.377 e. The predicted octanol–water partition coefficient (Wildman–Crippen LogP) is 2.08. The lowest BCUT2D eigenvalue weighted by atomic mass is 9.84. The second-order valence-corrected chi connectivity index (χ2v) is 5.90. The number of ketones is 1. The fraction of sp³-hybridized carbons (Fsp3) is 0.692. The van der Waals surface area contributed by atoms with Crippen LogP contribution in [0.2, 0.25) is 0 Å². The van der Waals surface area contributed by atoms with Gasteiger partial charge in [-0.25, -0.2) is 4.79 Å². The van der Waals surface area contributed by atoms with Gasteiger partial charge in [-0.05, 0) is 13.8 Å². The molecule has 106 valence electrons. The first kappa shape index (κ1) is 15.3. The van der Waals surface area contributed by atoms with E-state index in [1.54, 1.807) is 6.92 Å². The molecule has 0 aromatic carbocycles. The van der Waals surface area contributed by atoms with Crippen molar-refractivity contribution in [1.82, 2.24) is 0 Å². The highest BCUT2D eigenvalue weighted by Gasteiger charge is 2.46. The average Bonchev–Trinajstić information content (AvgIpc) is 2.69. The molecule has 0 aliphatic carbocycles. The number of hydrogen-bond acceptors (Lipinski definition) is 6. The first-order valence-electron chi connectivity index (χ1n) is 6.09. The van der Waals surface area contributed by atoms with E-state index < -0.39 is 11.6 Å². The predicted molar refractivity (Wildman–Crippen MR) is 70.9 cm³/mol. The van der Waals surface area contributed by atoms with Crippen LogP contribution in [0.3, 0.4) is 0 Å². The van der Waals surface area contributed by atoms with Crippen molar-refractivity contribution in [3.8, 4) is 0 Å². The summed E-state index contributed by atoms with van der Waals surface area (Å²) in [6.07, 6.45) is 0.351. The average molecular weight is 268 g/mol. The molecule has 1 heterocycles. The van der Waals surface area contributed by atoms with E-state index in [9.17, 15) is 9.59 Å². The topological polar surface area (TPSA) is 77.3 Å². The van der Waals surface area contributed by atoms with Gasteiger partial charge in [0, 0.05) is 18.8 Å². The monoisotopic (exact) mass is 268 g/mol. The number of nitrogens with zero attached hydrogens (tertiary/aromatic N) is 2. The first-order valence-corrected chi connectivity index (χ1v) is 6.09. The zero-order chi connectivity index (χ0) is 14.8. The summed E-state index contributed by atoms with van der Waals surface area (Å²) in [6.45, 7) is 10.4. The number of oxime groups is 2. The Morgan fingerprint density at radius 3 is 2.37 bits per heavy atom. The Morgan fingerprint density at radius 2 is 1.95 bits per heavy atom. The number of hydrogen-bond donors (Lipinski definition) is 0. The fourth-order valence-corrected chi connectivity index (χ4v) is 1.32. The molecule has 6 nitrogen and oxygen atoms in total. The van der Waals surface area contributed by atoms with Crippen molar-refractivity contribution in [2.45, 2.75) is 53.6 Å². The summed E-state index contributed by atoms with van der Waals surface area (Å²) in [7, 11) is 0. The van der Waals surface area contributed by atoms with Crippen LogP contribution in [0, 0.1) is 5.41 Å². The number of rotatable bonds is 3. The molecule has 1 aliphatic rings. The lowest BCUT2D eigenvalue weighted by Gasteiger charge is -2.20. The Morgan fingerprint density at radius 1 is 1.37 bits per heavy atom. The van der Waals surface area contributed by atoms with Crippen LogP contribution in [-0.4, -0.2) is 28.8 Å². The van der Waals surface area contributed by atoms with Crippen LogP contribution in [0.4, 0.5) is 0 Å². The minimum absolute atomic E-state index is 0.131. The summed E-state index contributed by atoms with van der Waals surface area (Å²) in [4.78, 5) is 32.8. The lowest BCUT2D eigenvalue weighted by Crippen LogP contribution is -2.38. The number of carbonyl (C=O) groups excluding carboxylic acids is 2. The maximum absolute atomic E-state index is 11.9. The highest BCUT2D eigenvalue weighted by atomic mass is 16.7. The van der Waals surface area contributed by atoms with E-state index in [2.05, 4.69) is 10.3 Å². The largest absolute Gasteiger partial charge is 0.381 e. The minimum atomic E-state index is -1.18. The molecule has 6 heteroatoms. The summed E-state index contributed by atoms with van der Waals surface area (Å²) in [6, 6.07) is 0. The van der Waals surface area contributed by atoms with Gasteiger partial charge in [0.2, 0.25) is 5.60 Å². The van der Waals surface area contributed by atoms with Gasteiger partial charge in [0.05, 0.1) is 5.71 Å². The molecule has 0 saturated carbocycles. The lowest BCUT2D eigenvalue weighted by molar-refractivity contribution is -0.167. The molecule has 1 aliphatic heterocycles. The Balaban J connectivity index is 2.70. The normalized spacial score (nSPS) is 23.7. The molecule has 0 saturated heterocycles. The van der Waals surface area contributed by atoms with Gasteiger partial charge < -0.3 is 9.68 Å². The molecular weight excluding hydrogens is 248 g/mol. The Hall–Kier alpha value is -1.72. The van der Waals surface area contributed by atoms with Crippen molar-refractivity contribution in [3.05, 3.63) is 0 Å². The van der Waals surface area contributed by atoms with Crippen molar-refractivity contribution in [2.75, 3.05) is 0 Å². The summed E-state index contributed by atoms with van der Waals surface area (Å²) in [5.74, 6) is -0.909. The van der Waals surface area contributed by atoms with Crippen LogP contribution in [0.5, 0.6) is 0 Å². The molecule has 0 bridgehead atoms. The van der Waals surface area contributed by atoms with E-state index in [1.807, 2.05) is 20.8 Å². The third kappa shape index (κ3) is 3.62. The molecule has 0 fully saturated rings. The SMILES string of the molecule is CC(=O)/C(C)=N/OC(=O)C1(C)CC(C(C)(C)C)=NO1. The highest BCUT2D eigenvalue weighted by molar-refractivity contribution is 6.37. The molecule has 1 unspecified atom stereocenters. The standard InChI is InChI=1S/C13H20N2O4/c1-8(9(2)16)14-18-11(17)13(6)7-10(15-19-13)12(3,4)5/h7H2,1-6H3/b14-8+. The van der Waals surface area contributed by atoms with Gasteiger partial charge in [0.15, 0.2) is 5.78 Å². The summed E-state index contributed by atoms with van der Waals surface area (Å²) >= 11 is 0. The van der Waals surface area contributed by atoms with E-state index in [0.717, 1.165) is 5.71 Å². The van der Waals surface area contributed by atoms with E-state index in [4.69, 9.17) is 9.68 Å². The maximum Gasteiger partial charge on any atom is 0.381 e. The first-order chi connectivity index (χ1) is 8.56. The van der Waals surface area contributed by atoms with Gasteiger partial charge in [-0.1, -0.05) is 31.1 Å². The van der Waals surface area contributed by atoms with Gasteiger partial charge in [-0.15, -0.1) is 0 Å². The molecule has 0 amide bonds. The van der Waals surface area contributed by atoms with Crippen molar-refractivity contribution in [2.24, 2.45) is 15.7 Å². The van der Waals surface area contributed by atoms with Gasteiger partial charge >= 0.3 is 5.97 Å². The molecule has 1 rings (SSSR count). The van der Waals surface area contributed by atoms with Crippen LogP contribution in [0.1, 0.15) is 48.0 Å². The molecule has 19 heavy (non-hydrogen) atoms. The number of carbonyl (C=O) groups is 2. The van der Waals surface area contributed by atoms with Crippen LogP contribution in [0.15, 0.2) is 10.3 Å². The van der Waals surface area contributed by atoms with Crippen molar-refractivity contribution >= 4 is 23.2 Å². The maximum atomic E-state index is 11.9. The Kier molecular flexibility index (Phi) is 4.12. The van der Waals surface area contributed by atoms with Gasteiger partial charge in [-0.2, -0.15) is 0 Å². The summed E-state index contributed by atoms with van der Waals surface area (Å²) < 4.78 is 0. The van der Waals surface area contributed by atoms with Crippen LogP contribution < -0.4 is 0 Å². The zero-order valence-corrected chi connectivity index (χ0v) is 12.2. The third-order valence-corrected chi connectivity index (χ3v) is 2.93. The summed E-state index contributed by atoms with van der Waals surface area (Å²) in [5.41, 5.74) is -0.425. The molecule has 0 aromatic heterocycles. The Labute approximate surface area is 112 Å². The second-order valence-electron chi connectivity index (χ2n) is 5.90. The zero-order valence-electron chi connectivity index (χ0n) is 12.2. The van der Waals surface area contributed by atoms with Gasteiger partial charge in [0.25, 0.3) is 0 Å². The quantitative estimate of drug-likeness (QED) is 0.446. The molecule has 0 radical (unpaired) electrons. The van der Waals surface area contributed by atoms with E-state index in [1.165, 1.54) is 13.8 Å². The molecular formula is C13H20N2O4. The third-order valence-electron chi connectivity index (χ3n) is 2.93. The van der Waals surface area contributed by atoms with Crippen molar-refractivity contribution < 1.29 is 19.3 Å². The summed E-state index contributed by atoms with van der Waals surface area (Å²) in [5, 5.41) is 7.43. The highest BCUT2D eigenvalue weighted by Crippen LogP contribution is 2.32. The molecule has 0 N–H and O–H groups in total. The van der Waals surface area contributed by atoms with Gasteiger partial charge in [-0.3, -0.25) is 4.79 Å². The van der Waals surface area contributed by atoms with Crippen LogP contribution in [-0.2, 0) is 19.3 Å². The van der Waals surface area contributed by atoms with Crippen LogP contribution >= 0.6 is 0 Å². The van der Waals surface area contributed by atoms with Crippen molar-refractivity contribution in [3.63, 3.8) is 0 Å². The van der Waals surface area contributed by atoms with Crippen LogP contribution in [0.25, 0.3) is 0 Å². The number of Topliss-reactive ketones (excluding diaryl/α,β-unsaturated/α-hetero) is 1. The minimum Gasteiger partial charge on any atom is -0.377 e. The van der Waals surface area contributed by atoms with Crippen molar-refractivity contribution in [1.29, 1.82) is 0 Å². The van der Waals surface area contributed by atoms with E-state index in [-0.39, 0.29) is 16.9 Å². The molecule has 1 atom stereocenters. The second kappa shape index (κ2) is 5.11. The van der Waals surface area contributed by atoms with Gasteiger partial charge in [0.1, 0.15) is 5.71 Å². The molecule has 0 aromatic rings. The Bertz CT molecular complexity index is 460. The molecule has 0 spiro atoms. The fourth-order valence-electron chi connectivity index (χ4n) is 1.32. The van der Waals surface area contributed by atoms with E-state index in [0.29, 0.717) is 6.42 Å². The van der Waals surface area contributed by atoms with E-state index >= 15 is 0 Å².